The van der Waals surface area contributed by atoms with E-state index in [4.69, 9.17) is 5.11 Å². The third-order valence-corrected chi connectivity index (χ3v) is 1.23. The molecule has 0 aromatic carbocycles. The molecule has 0 bridgehead atoms. The van der Waals surface area contributed by atoms with Crippen molar-refractivity contribution in [3.8, 4) is 0 Å². The molecule has 1 heterocycles. The molecule has 0 fully saturated rings. The summed E-state index contributed by atoms with van der Waals surface area (Å²) in [5, 5.41) is 8.59. The van der Waals surface area contributed by atoms with E-state index in [0.717, 1.165) is 0 Å². The fraction of sp³-hybridized carbons (Fsp3) is 0.333. The highest BCUT2D eigenvalue weighted by Crippen LogP contribution is 2.30. The molecule has 0 aliphatic carbocycles. The van der Waals surface area contributed by atoms with Gasteiger partial charge in [-0.05, 0) is 12.1 Å². The summed E-state index contributed by atoms with van der Waals surface area (Å²) < 4.78 is 35.2. The minimum Gasteiger partial charge on any atom is -0.378 e. The van der Waals surface area contributed by atoms with Gasteiger partial charge >= 0.3 is 6.18 Å². The van der Waals surface area contributed by atoms with E-state index in [1.54, 1.807) is 0 Å². The summed E-state index contributed by atoms with van der Waals surface area (Å²) >= 11 is 0. The number of halogens is 3. The first kappa shape index (κ1) is 8.13. The maximum absolute atomic E-state index is 11.7. The second kappa shape index (κ2) is 2.58. The lowest BCUT2D eigenvalue weighted by molar-refractivity contribution is -0.207. The number of nitrogens with one attached hydrogen (secondary N) is 1. The molecule has 0 saturated carbocycles. The summed E-state index contributed by atoms with van der Waals surface area (Å²) in [7, 11) is 0. The Kier molecular flexibility index (Phi) is 1.90. The maximum Gasteiger partial charge on any atom is 0.420 e. The lowest BCUT2D eigenvalue weighted by atomic mass is 10.2. The summed E-state index contributed by atoms with van der Waals surface area (Å²) in [6.45, 7) is 0. The van der Waals surface area contributed by atoms with Gasteiger partial charge in [-0.2, -0.15) is 13.2 Å². The van der Waals surface area contributed by atoms with E-state index < -0.39 is 12.3 Å². The Morgan fingerprint density at radius 3 is 2.45 bits per heavy atom. The average Bonchev–Trinajstić information content (AvgIpc) is 2.34. The number of aromatic nitrogens is 1. The monoisotopic (exact) mass is 165 g/mol. The van der Waals surface area contributed by atoms with Crippen LogP contribution in [-0.4, -0.2) is 16.3 Å². The smallest absolute Gasteiger partial charge is 0.378 e. The molecule has 1 aromatic rings. The Morgan fingerprint density at radius 1 is 1.45 bits per heavy atom. The van der Waals surface area contributed by atoms with Gasteiger partial charge in [-0.15, -0.1) is 0 Å². The summed E-state index contributed by atoms with van der Waals surface area (Å²) in [4.78, 5) is 2.27. The molecule has 2 nitrogen and oxygen atoms in total. The van der Waals surface area contributed by atoms with Crippen molar-refractivity contribution < 1.29 is 18.3 Å². The molecular formula is C6H6F3NO. The predicted molar refractivity (Wildman–Crippen MR) is 31.8 cm³/mol. The van der Waals surface area contributed by atoms with E-state index in [0.29, 0.717) is 0 Å². The van der Waals surface area contributed by atoms with E-state index in [2.05, 4.69) is 4.98 Å². The third kappa shape index (κ3) is 1.74. The van der Waals surface area contributed by atoms with Crippen LogP contribution in [0.1, 0.15) is 11.8 Å². The molecule has 1 unspecified atom stereocenters. The van der Waals surface area contributed by atoms with Crippen LogP contribution in [0, 0.1) is 0 Å². The molecular weight excluding hydrogens is 159 g/mol. The minimum absolute atomic E-state index is 0.238. The van der Waals surface area contributed by atoms with Crippen molar-refractivity contribution in [3.63, 3.8) is 0 Å². The molecule has 0 aliphatic heterocycles. The molecule has 62 valence electrons. The van der Waals surface area contributed by atoms with Gasteiger partial charge in [0, 0.05) is 6.20 Å². The molecule has 0 saturated heterocycles. The lowest BCUT2D eigenvalue weighted by Crippen LogP contribution is -2.20. The summed E-state index contributed by atoms with van der Waals surface area (Å²) in [6, 6.07) is 2.57. The number of aliphatic hydroxyl groups excluding tert-OH is 1. The van der Waals surface area contributed by atoms with E-state index in [1.807, 2.05) is 0 Å². The Labute approximate surface area is 60.7 Å². The highest BCUT2D eigenvalue weighted by molar-refractivity contribution is 5.08. The largest absolute Gasteiger partial charge is 0.420 e. The summed E-state index contributed by atoms with van der Waals surface area (Å²) in [5.41, 5.74) is -0.238. The van der Waals surface area contributed by atoms with Crippen LogP contribution in [0.3, 0.4) is 0 Å². The summed E-state index contributed by atoms with van der Waals surface area (Å²) in [6.07, 6.45) is -5.67. The fourth-order valence-electron chi connectivity index (χ4n) is 0.691. The average molecular weight is 165 g/mol. The van der Waals surface area contributed by atoms with Gasteiger partial charge in [-0.1, -0.05) is 0 Å². The van der Waals surface area contributed by atoms with Crippen molar-refractivity contribution in [1.82, 2.24) is 4.98 Å². The number of alkyl halides is 3. The van der Waals surface area contributed by atoms with Crippen LogP contribution in [0.25, 0.3) is 0 Å². The van der Waals surface area contributed by atoms with Crippen molar-refractivity contribution in [3.05, 3.63) is 24.0 Å². The maximum atomic E-state index is 11.7. The van der Waals surface area contributed by atoms with E-state index in [1.165, 1.54) is 18.3 Å². The molecule has 1 aromatic heterocycles. The van der Waals surface area contributed by atoms with Gasteiger partial charge < -0.3 is 10.1 Å². The van der Waals surface area contributed by atoms with E-state index in [-0.39, 0.29) is 5.69 Å². The van der Waals surface area contributed by atoms with Gasteiger partial charge in [0.05, 0.1) is 5.69 Å². The lowest BCUT2D eigenvalue weighted by Gasteiger charge is -2.12. The van der Waals surface area contributed by atoms with Gasteiger partial charge in [0.25, 0.3) is 0 Å². The summed E-state index contributed by atoms with van der Waals surface area (Å²) in [5.74, 6) is 0. The molecule has 11 heavy (non-hydrogen) atoms. The standard InChI is InChI=1S/C6H6F3NO/c7-6(8,9)5(11)4-2-1-3-10-4/h1-3,5,10-11H. The number of rotatable bonds is 1. The molecule has 0 spiro atoms. The zero-order valence-corrected chi connectivity index (χ0v) is 5.39. The topological polar surface area (TPSA) is 36.0 Å². The van der Waals surface area contributed by atoms with Crippen LogP contribution in [-0.2, 0) is 0 Å². The zero-order valence-electron chi connectivity index (χ0n) is 5.39. The highest BCUT2D eigenvalue weighted by atomic mass is 19.4. The molecule has 0 aliphatic rings. The third-order valence-electron chi connectivity index (χ3n) is 1.23. The van der Waals surface area contributed by atoms with Crippen LogP contribution in [0.4, 0.5) is 13.2 Å². The first-order chi connectivity index (χ1) is 5.02. The van der Waals surface area contributed by atoms with Gasteiger partial charge in [0.1, 0.15) is 0 Å². The van der Waals surface area contributed by atoms with Crippen molar-refractivity contribution in [1.29, 1.82) is 0 Å². The SMILES string of the molecule is OC(c1ccc[nH]1)C(F)(F)F. The van der Waals surface area contributed by atoms with Crippen LogP contribution in [0.15, 0.2) is 18.3 Å². The van der Waals surface area contributed by atoms with Gasteiger partial charge in [0.2, 0.25) is 0 Å². The molecule has 5 heteroatoms. The molecule has 1 rings (SSSR count). The number of hydrogen-bond donors (Lipinski definition) is 2. The highest BCUT2D eigenvalue weighted by Gasteiger charge is 2.39. The van der Waals surface area contributed by atoms with Crippen LogP contribution < -0.4 is 0 Å². The van der Waals surface area contributed by atoms with E-state index in [9.17, 15) is 13.2 Å². The first-order valence-corrected chi connectivity index (χ1v) is 2.90. The van der Waals surface area contributed by atoms with Crippen molar-refractivity contribution in [2.24, 2.45) is 0 Å². The van der Waals surface area contributed by atoms with Gasteiger partial charge in [0.15, 0.2) is 6.10 Å². The molecule has 0 radical (unpaired) electrons. The fourth-order valence-corrected chi connectivity index (χ4v) is 0.691. The predicted octanol–water partition coefficient (Wildman–Crippen LogP) is 1.61. The van der Waals surface area contributed by atoms with Crippen LogP contribution >= 0.6 is 0 Å². The molecule has 1 atom stereocenters. The molecule has 2 N–H and O–H groups in total. The zero-order chi connectivity index (χ0) is 8.48. The number of aromatic amines is 1. The van der Waals surface area contributed by atoms with Crippen molar-refractivity contribution in [2.75, 3.05) is 0 Å². The van der Waals surface area contributed by atoms with E-state index >= 15 is 0 Å². The van der Waals surface area contributed by atoms with Gasteiger partial charge in [-0.3, -0.25) is 0 Å². The second-order valence-electron chi connectivity index (χ2n) is 2.07. The van der Waals surface area contributed by atoms with Crippen LogP contribution in [0.5, 0.6) is 0 Å². The second-order valence-corrected chi connectivity index (χ2v) is 2.07. The van der Waals surface area contributed by atoms with Crippen molar-refractivity contribution >= 4 is 0 Å². The number of aliphatic hydroxyl groups is 1. The van der Waals surface area contributed by atoms with Crippen LogP contribution in [0.2, 0.25) is 0 Å². The van der Waals surface area contributed by atoms with Gasteiger partial charge in [-0.25, -0.2) is 0 Å². The number of H-pyrrole nitrogens is 1. The Hall–Kier alpha value is -0.970. The Bertz CT molecular complexity index is 216. The molecule has 0 amide bonds. The van der Waals surface area contributed by atoms with Crippen molar-refractivity contribution in [2.45, 2.75) is 12.3 Å². The number of hydrogen-bond acceptors (Lipinski definition) is 1. The Balaban J connectivity index is 2.78. The quantitative estimate of drug-likeness (QED) is 0.651. The normalized spacial score (nSPS) is 14.9. The minimum atomic E-state index is -4.59. The first-order valence-electron chi connectivity index (χ1n) is 2.90. The Morgan fingerprint density at radius 2 is 2.09 bits per heavy atom.